The SMILES string of the molecule is CCCCCCCCCC(=O)c1c[nH]c2ccc(F)cc12. The molecule has 0 radical (unpaired) electrons. The molecular weight excluding hydrogens is 265 g/mol. The second-order valence-electron chi connectivity index (χ2n) is 5.69. The maximum absolute atomic E-state index is 13.3. The number of aromatic amines is 1. The first-order valence-electron chi connectivity index (χ1n) is 8.02. The number of benzene rings is 1. The van der Waals surface area contributed by atoms with Gasteiger partial charge in [0, 0.05) is 29.1 Å². The molecule has 1 aromatic heterocycles. The van der Waals surface area contributed by atoms with Crippen molar-refractivity contribution in [3.8, 4) is 0 Å². The Labute approximate surface area is 125 Å². The smallest absolute Gasteiger partial charge is 0.165 e. The third-order valence-corrected chi connectivity index (χ3v) is 3.95. The number of aromatic nitrogens is 1. The van der Waals surface area contributed by atoms with Crippen LogP contribution in [0.5, 0.6) is 0 Å². The zero-order valence-electron chi connectivity index (χ0n) is 12.8. The topological polar surface area (TPSA) is 32.9 Å². The van der Waals surface area contributed by atoms with Gasteiger partial charge in [-0.05, 0) is 24.6 Å². The summed E-state index contributed by atoms with van der Waals surface area (Å²) in [6.45, 7) is 2.21. The van der Waals surface area contributed by atoms with Gasteiger partial charge in [0.2, 0.25) is 0 Å². The molecule has 1 heterocycles. The lowest BCUT2D eigenvalue weighted by Crippen LogP contribution is -1.98. The first-order chi connectivity index (χ1) is 10.2. The van der Waals surface area contributed by atoms with E-state index in [4.69, 9.17) is 0 Å². The van der Waals surface area contributed by atoms with Crippen LogP contribution >= 0.6 is 0 Å². The van der Waals surface area contributed by atoms with E-state index < -0.39 is 0 Å². The number of halogens is 1. The average Bonchev–Trinajstić information content (AvgIpc) is 2.89. The number of carbonyl (C=O) groups is 1. The van der Waals surface area contributed by atoms with Crippen molar-refractivity contribution in [2.45, 2.75) is 58.3 Å². The van der Waals surface area contributed by atoms with Crippen molar-refractivity contribution in [3.05, 3.63) is 35.8 Å². The minimum Gasteiger partial charge on any atom is -0.360 e. The first kappa shape index (κ1) is 15.7. The molecular formula is C18H24FNO. The third kappa shape index (κ3) is 4.42. The molecule has 0 aliphatic heterocycles. The van der Waals surface area contributed by atoms with Crippen LogP contribution in [-0.2, 0) is 0 Å². The van der Waals surface area contributed by atoms with Crippen molar-refractivity contribution < 1.29 is 9.18 Å². The van der Waals surface area contributed by atoms with Crippen molar-refractivity contribution in [2.75, 3.05) is 0 Å². The zero-order valence-corrected chi connectivity index (χ0v) is 12.8. The van der Waals surface area contributed by atoms with E-state index in [0.29, 0.717) is 17.4 Å². The van der Waals surface area contributed by atoms with Gasteiger partial charge in [-0.25, -0.2) is 4.39 Å². The molecule has 1 aromatic carbocycles. The minimum absolute atomic E-state index is 0.111. The first-order valence-corrected chi connectivity index (χ1v) is 8.02. The summed E-state index contributed by atoms with van der Waals surface area (Å²) in [6.07, 6.45) is 10.6. The molecule has 0 aliphatic rings. The summed E-state index contributed by atoms with van der Waals surface area (Å²) in [5.74, 6) is -0.188. The van der Waals surface area contributed by atoms with Crippen LogP contribution < -0.4 is 0 Å². The Morgan fingerprint density at radius 2 is 1.81 bits per heavy atom. The van der Waals surface area contributed by atoms with E-state index in [1.807, 2.05) is 0 Å². The summed E-state index contributed by atoms with van der Waals surface area (Å²) in [5.41, 5.74) is 1.44. The van der Waals surface area contributed by atoms with Gasteiger partial charge in [0.05, 0.1) is 0 Å². The molecule has 21 heavy (non-hydrogen) atoms. The van der Waals surface area contributed by atoms with Crippen LogP contribution in [0.15, 0.2) is 24.4 Å². The van der Waals surface area contributed by atoms with Crippen molar-refractivity contribution in [3.63, 3.8) is 0 Å². The standard InChI is InChI=1S/C18H24FNO/c1-2-3-4-5-6-7-8-9-18(21)16-13-20-17-11-10-14(19)12-15(16)17/h10-13,20H,2-9H2,1H3. The van der Waals surface area contributed by atoms with Gasteiger partial charge in [0.25, 0.3) is 0 Å². The number of Topliss-reactive ketones (excluding diaryl/α,β-unsaturated/α-hetero) is 1. The number of fused-ring (bicyclic) bond motifs is 1. The van der Waals surface area contributed by atoms with Crippen LogP contribution in [0.4, 0.5) is 4.39 Å². The summed E-state index contributed by atoms with van der Waals surface area (Å²) in [6, 6.07) is 4.52. The van der Waals surface area contributed by atoms with Gasteiger partial charge >= 0.3 is 0 Å². The molecule has 0 spiro atoms. The van der Waals surface area contributed by atoms with Gasteiger partial charge in [0.1, 0.15) is 5.82 Å². The Hall–Kier alpha value is -1.64. The van der Waals surface area contributed by atoms with E-state index in [2.05, 4.69) is 11.9 Å². The molecule has 0 saturated carbocycles. The van der Waals surface area contributed by atoms with Crippen LogP contribution in [0.2, 0.25) is 0 Å². The van der Waals surface area contributed by atoms with E-state index in [1.165, 1.54) is 44.2 Å². The number of rotatable bonds is 9. The average molecular weight is 289 g/mol. The second-order valence-corrected chi connectivity index (χ2v) is 5.69. The van der Waals surface area contributed by atoms with E-state index >= 15 is 0 Å². The quantitative estimate of drug-likeness (QED) is 0.471. The van der Waals surface area contributed by atoms with Crippen LogP contribution in [-0.4, -0.2) is 10.8 Å². The Morgan fingerprint density at radius 3 is 2.57 bits per heavy atom. The van der Waals surface area contributed by atoms with Gasteiger partial charge in [-0.1, -0.05) is 45.4 Å². The Kier molecular flexibility index (Phi) is 5.97. The van der Waals surface area contributed by atoms with Crippen molar-refractivity contribution in [2.24, 2.45) is 0 Å². The summed E-state index contributed by atoms with van der Waals surface area (Å²) in [4.78, 5) is 15.3. The molecule has 0 amide bonds. The lowest BCUT2D eigenvalue weighted by molar-refractivity contribution is 0.0980. The summed E-state index contributed by atoms with van der Waals surface area (Å²) < 4.78 is 13.3. The summed E-state index contributed by atoms with van der Waals surface area (Å²) >= 11 is 0. The highest BCUT2D eigenvalue weighted by atomic mass is 19.1. The molecule has 2 rings (SSSR count). The fourth-order valence-electron chi connectivity index (χ4n) is 2.70. The van der Waals surface area contributed by atoms with Crippen molar-refractivity contribution >= 4 is 16.7 Å². The molecule has 0 saturated heterocycles. The largest absolute Gasteiger partial charge is 0.360 e. The van der Waals surface area contributed by atoms with Crippen LogP contribution in [0.25, 0.3) is 10.9 Å². The molecule has 2 nitrogen and oxygen atoms in total. The maximum Gasteiger partial charge on any atom is 0.165 e. The zero-order chi connectivity index (χ0) is 15.1. The highest BCUT2D eigenvalue weighted by Crippen LogP contribution is 2.21. The van der Waals surface area contributed by atoms with Gasteiger partial charge in [-0.15, -0.1) is 0 Å². The van der Waals surface area contributed by atoms with E-state index in [-0.39, 0.29) is 11.6 Å². The number of carbonyl (C=O) groups excluding carboxylic acids is 1. The molecule has 114 valence electrons. The minimum atomic E-state index is -0.299. The van der Waals surface area contributed by atoms with Crippen molar-refractivity contribution in [1.29, 1.82) is 0 Å². The predicted octanol–water partition coefficient (Wildman–Crippen LogP) is 5.63. The van der Waals surface area contributed by atoms with Gasteiger partial charge < -0.3 is 4.98 Å². The normalized spacial score (nSPS) is 11.1. The molecule has 3 heteroatoms. The summed E-state index contributed by atoms with van der Waals surface area (Å²) in [5, 5.41) is 0.697. The number of unbranched alkanes of at least 4 members (excludes halogenated alkanes) is 6. The number of hydrogen-bond donors (Lipinski definition) is 1. The highest BCUT2D eigenvalue weighted by Gasteiger charge is 2.12. The third-order valence-electron chi connectivity index (χ3n) is 3.95. The molecule has 0 bridgehead atoms. The lowest BCUT2D eigenvalue weighted by atomic mass is 10.0. The van der Waals surface area contributed by atoms with E-state index in [9.17, 15) is 9.18 Å². The van der Waals surface area contributed by atoms with Crippen molar-refractivity contribution in [1.82, 2.24) is 4.98 Å². The molecule has 0 unspecified atom stereocenters. The number of H-pyrrole nitrogens is 1. The molecule has 0 fully saturated rings. The lowest BCUT2D eigenvalue weighted by Gasteiger charge is -2.01. The highest BCUT2D eigenvalue weighted by molar-refractivity contribution is 6.07. The van der Waals surface area contributed by atoms with Gasteiger partial charge in [-0.3, -0.25) is 4.79 Å². The molecule has 1 N–H and O–H groups in total. The van der Waals surface area contributed by atoms with Gasteiger partial charge in [0.15, 0.2) is 5.78 Å². The Balaban J connectivity index is 1.81. The molecule has 0 aliphatic carbocycles. The predicted molar refractivity (Wildman–Crippen MR) is 85.2 cm³/mol. The number of nitrogens with one attached hydrogen (secondary N) is 1. The van der Waals surface area contributed by atoms with Crippen LogP contribution in [0, 0.1) is 5.82 Å². The van der Waals surface area contributed by atoms with E-state index in [1.54, 1.807) is 12.3 Å². The van der Waals surface area contributed by atoms with Crippen LogP contribution in [0.3, 0.4) is 0 Å². The Morgan fingerprint density at radius 1 is 1.10 bits per heavy atom. The fraction of sp³-hybridized carbons (Fsp3) is 0.500. The monoisotopic (exact) mass is 289 g/mol. The number of hydrogen-bond acceptors (Lipinski definition) is 1. The summed E-state index contributed by atoms with van der Waals surface area (Å²) in [7, 11) is 0. The van der Waals surface area contributed by atoms with E-state index in [0.717, 1.165) is 18.4 Å². The van der Waals surface area contributed by atoms with Gasteiger partial charge in [-0.2, -0.15) is 0 Å². The second kappa shape index (κ2) is 7.96. The Bertz CT molecular complexity index is 588. The molecule has 2 aromatic rings. The fourth-order valence-corrected chi connectivity index (χ4v) is 2.70. The maximum atomic E-state index is 13.3. The molecule has 0 atom stereocenters. The number of ketones is 1. The van der Waals surface area contributed by atoms with Crippen LogP contribution in [0.1, 0.15) is 68.6 Å².